The van der Waals surface area contributed by atoms with Gasteiger partial charge in [0.05, 0.1) is 7.11 Å². The Morgan fingerprint density at radius 3 is 2.24 bits per heavy atom. The average molecular weight is 631 g/mol. The van der Waals surface area contributed by atoms with Crippen LogP contribution in [0, 0.1) is 18.6 Å². The number of ether oxygens (including phenoxy) is 1. The van der Waals surface area contributed by atoms with Crippen molar-refractivity contribution in [2.45, 2.75) is 39.4 Å². The largest absolute Gasteiger partial charge is 0.467 e. The molecule has 1 amide bonds. The van der Waals surface area contributed by atoms with Gasteiger partial charge in [0.1, 0.15) is 17.7 Å². The number of anilines is 1. The van der Waals surface area contributed by atoms with E-state index in [-0.39, 0.29) is 12.3 Å². The molecule has 1 atom stereocenters. The SMILES string of the molecule is COC(=O)C(CCSC)NC(=O)c1ccc(CN(Cc2cc(F)cc(F)c2)c2cccc(C(C)=O)c2)cc1-c1ccccc1C. The number of nitrogens with one attached hydrogen (secondary N) is 1. The van der Waals surface area contributed by atoms with Crippen molar-refractivity contribution in [1.82, 2.24) is 5.32 Å². The molecule has 4 aromatic carbocycles. The fourth-order valence-electron chi connectivity index (χ4n) is 5.15. The van der Waals surface area contributed by atoms with Gasteiger partial charge in [0.25, 0.3) is 5.91 Å². The van der Waals surface area contributed by atoms with E-state index < -0.39 is 29.6 Å². The number of carbonyl (C=O) groups excluding carboxylic acids is 3. The number of nitrogens with zero attached hydrogens (tertiary/aromatic N) is 1. The van der Waals surface area contributed by atoms with Gasteiger partial charge < -0.3 is 15.0 Å². The van der Waals surface area contributed by atoms with Crippen LogP contribution in [0.3, 0.4) is 0 Å². The monoisotopic (exact) mass is 630 g/mol. The third-order valence-electron chi connectivity index (χ3n) is 7.45. The zero-order valence-corrected chi connectivity index (χ0v) is 26.5. The summed E-state index contributed by atoms with van der Waals surface area (Å²) in [7, 11) is 1.30. The summed E-state index contributed by atoms with van der Waals surface area (Å²) in [6.45, 7) is 3.90. The average Bonchev–Trinajstić information content (AvgIpc) is 3.02. The van der Waals surface area contributed by atoms with Crippen LogP contribution in [0.5, 0.6) is 0 Å². The molecule has 45 heavy (non-hydrogen) atoms. The number of thioether (sulfide) groups is 1. The molecule has 0 aliphatic rings. The predicted molar refractivity (Wildman–Crippen MR) is 176 cm³/mol. The van der Waals surface area contributed by atoms with Crippen LogP contribution >= 0.6 is 11.8 Å². The molecule has 0 fully saturated rings. The number of methoxy groups -OCH3 is 1. The van der Waals surface area contributed by atoms with Crippen LogP contribution in [0.4, 0.5) is 14.5 Å². The number of amides is 1. The quantitative estimate of drug-likeness (QED) is 0.123. The van der Waals surface area contributed by atoms with Gasteiger partial charge in [-0.2, -0.15) is 11.8 Å². The first-order chi connectivity index (χ1) is 21.6. The highest BCUT2D eigenvalue weighted by molar-refractivity contribution is 7.98. The van der Waals surface area contributed by atoms with E-state index in [1.807, 2.05) is 60.5 Å². The Hall–Kier alpha value is -4.50. The van der Waals surface area contributed by atoms with Crippen molar-refractivity contribution < 1.29 is 27.9 Å². The summed E-state index contributed by atoms with van der Waals surface area (Å²) in [6.07, 6.45) is 2.35. The van der Waals surface area contributed by atoms with E-state index in [0.717, 1.165) is 22.8 Å². The van der Waals surface area contributed by atoms with E-state index in [1.165, 1.54) is 26.2 Å². The highest BCUT2D eigenvalue weighted by atomic mass is 32.2. The summed E-state index contributed by atoms with van der Waals surface area (Å²) in [6, 6.07) is 22.8. The van der Waals surface area contributed by atoms with Crippen molar-refractivity contribution in [3.8, 4) is 11.1 Å². The first kappa shape index (κ1) is 33.4. The van der Waals surface area contributed by atoms with Crippen LogP contribution in [-0.4, -0.2) is 42.8 Å². The zero-order valence-electron chi connectivity index (χ0n) is 25.7. The van der Waals surface area contributed by atoms with Crippen LogP contribution in [-0.2, 0) is 22.6 Å². The van der Waals surface area contributed by atoms with Crippen molar-refractivity contribution in [2.24, 2.45) is 0 Å². The number of esters is 1. The molecule has 9 heteroatoms. The van der Waals surface area contributed by atoms with Gasteiger partial charge in [-0.15, -0.1) is 0 Å². The molecule has 0 heterocycles. The standard InChI is InChI=1S/C36H36F2N2O4S/c1-23-8-5-6-11-31(23)33-18-25(12-13-32(33)35(42)39-34(14-15-45-4)36(43)44-3)21-40(22-26-16-28(37)20-29(38)17-26)30-10-7-9-27(19-30)24(2)41/h5-13,16-20,34H,14-15,21-22H2,1-4H3,(H,39,42). The summed E-state index contributed by atoms with van der Waals surface area (Å²) < 4.78 is 33.2. The summed E-state index contributed by atoms with van der Waals surface area (Å²) in [5.41, 5.74) is 5.32. The minimum absolute atomic E-state index is 0.103. The number of hydrogen-bond acceptors (Lipinski definition) is 6. The van der Waals surface area contributed by atoms with Gasteiger partial charge >= 0.3 is 5.97 Å². The minimum atomic E-state index is -0.796. The van der Waals surface area contributed by atoms with E-state index in [4.69, 9.17) is 4.74 Å². The van der Waals surface area contributed by atoms with Crippen molar-refractivity contribution in [3.05, 3.63) is 124 Å². The molecule has 1 N–H and O–H groups in total. The molecular weight excluding hydrogens is 594 g/mol. The van der Waals surface area contributed by atoms with Gasteiger partial charge in [-0.3, -0.25) is 9.59 Å². The Kier molecular flexibility index (Phi) is 11.5. The van der Waals surface area contributed by atoms with Crippen molar-refractivity contribution in [2.75, 3.05) is 24.0 Å². The fourth-order valence-corrected chi connectivity index (χ4v) is 5.62. The van der Waals surface area contributed by atoms with E-state index in [9.17, 15) is 23.2 Å². The summed E-state index contributed by atoms with van der Waals surface area (Å²) >= 11 is 1.57. The minimum Gasteiger partial charge on any atom is -0.467 e. The first-order valence-corrected chi connectivity index (χ1v) is 15.9. The van der Waals surface area contributed by atoms with Gasteiger partial charge in [-0.1, -0.05) is 42.5 Å². The van der Waals surface area contributed by atoms with Gasteiger partial charge in [0, 0.05) is 36.0 Å². The molecule has 1 unspecified atom stereocenters. The van der Waals surface area contributed by atoms with Crippen LogP contribution < -0.4 is 10.2 Å². The Morgan fingerprint density at radius 2 is 1.58 bits per heavy atom. The number of halogens is 2. The number of rotatable bonds is 13. The second-order valence-electron chi connectivity index (χ2n) is 10.8. The molecule has 234 valence electrons. The Morgan fingerprint density at radius 1 is 0.867 bits per heavy atom. The number of Topliss-reactive ketones (excluding diaryl/α,β-unsaturated/α-hetero) is 1. The normalized spacial score (nSPS) is 11.5. The van der Waals surface area contributed by atoms with Gasteiger partial charge in [-0.05, 0) is 96.5 Å². The highest BCUT2D eigenvalue weighted by Crippen LogP contribution is 2.30. The van der Waals surface area contributed by atoms with Crippen LogP contribution in [0.15, 0.2) is 84.9 Å². The smallest absolute Gasteiger partial charge is 0.328 e. The predicted octanol–water partition coefficient (Wildman–Crippen LogP) is 7.37. The van der Waals surface area contributed by atoms with Gasteiger partial charge in [0.2, 0.25) is 0 Å². The first-order valence-electron chi connectivity index (χ1n) is 14.5. The third-order valence-corrected chi connectivity index (χ3v) is 8.10. The lowest BCUT2D eigenvalue weighted by atomic mass is 9.93. The van der Waals surface area contributed by atoms with E-state index >= 15 is 0 Å². The fraction of sp³-hybridized carbons (Fsp3) is 0.250. The highest BCUT2D eigenvalue weighted by Gasteiger charge is 2.24. The molecule has 0 aliphatic carbocycles. The lowest BCUT2D eigenvalue weighted by Gasteiger charge is -2.26. The van der Waals surface area contributed by atoms with Crippen LogP contribution in [0.1, 0.15) is 50.8 Å². The number of benzene rings is 4. The topological polar surface area (TPSA) is 75.7 Å². The van der Waals surface area contributed by atoms with Crippen LogP contribution in [0.2, 0.25) is 0 Å². The number of ketones is 1. The Balaban J connectivity index is 1.76. The van der Waals surface area contributed by atoms with Crippen LogP contribution in [0.25, 0.3) is 11.1 Å². The van der Waals surface area contributed by atoms with Crippen molar-refractivity contribution >= 4 is 35.1 Å². The van der Waals surface area contributed by atoms with Gasteiger partial charge in [0.15, 0.2) is 5.78 Å². The maximum atomic E-state index is 14.1. The number of aryl methyl sites for hydroxylation is 1. The molecule has 0 radical (unpaired) electrons. The van der Waals surface area contributed by atoms with Gasteiger partial charge in [-0.25, -0.2) is 13.6 Å². The molecular formula is C36H36F2N2O4S. The molecule has 0 saturated heterocycles. The second kappa shape index (κ2) is 15.5. The lowest BCUT2D eigenvalue weighted by Crippen LogP contribution is -2.42. The molecule has 0 spiro atoms. The molecule has 4 aromatic rings. The third kappa shape index (κ3) is 8.79. The van der Waals surface area contributed by atoms with Crippen molar-refractivity contribution in [1.29, 1.82) is 0 Å². The van der Waals surface area contributed by atoms with E-state index in [1.54, 1.807) is 36.0 Å². The molecule has 0 aliphatic heterocycles. The van der Waals surface area contributed by atoms with Crippen molar-refractivity contribution in [3.63, 3.8) is 0 Å². The molecule has 0 saturated carbocycles. The molecule has 0 bridgehead atoms. The summed E-state index contributed by atoms with van der Waals surface area (Å²) in [5, 5.41) is 2.85. The molecule has 0 aromatic heterocycles. The Bertz CT molecular complexity index is 1670. The molecule has 6 nitrogen and oxygen atoms in total. The number of carbonyl (C=O) groups is 3. The lowest BCUT2D eigenvalue weighted by molar-refractivity contribution is -0.142. The van der Waals surface area contributed by atoms with E-state index in [0.29, 0.717) is 46.7 Å². The number of hydrogen-bond donors (Lipinski definition) is 1. The zero-order chi connectivity index (χ0) is 32.5. The van der Waals surface area contributed by atoms with E-state index in [2.05, 4.69) is 5.32 Å². The summed E-state index contributed by atoms with van der Waals surface area (Å²) in [5.74, 6) is -1.71. The summed E-state index contributed by atoms with van der Waals surface area (Å²) in [4.78, 5) is 40.2. The Labute approximate surface area is 266 Å². The molecule has 4 rings (SSSR count). The maximum Gasteiger partial charge on any atom is 0.328 e. The maximum absolute atomic E-state index is 14.1. The second-order valence-corrected chi connectivity index (χ2v) is 11.8.